The van der Waals surface area contributed by atoms with Gasteiger partial charge in [-0.2, -0.15) is 0 Å². The van der Waals surface area contributed by atoms with Gasteiger partial charge in [0.1, 0.15) is 11.6 Å². The molecular weight excluding hydrogens is 206 g/mol. The molecule has 0 saturated carbocycles. The van der Waals surface area contributed by atoms with Crippen LogP contribution in [-0.2, 0) is 13.7 Å². The van der Waals surface area contributed by atoms with E-state index in [0.717, 1.165) is 0 Å². The van der Waals surface area contributed by atoms with E-state index in [1.165, 1.54) is 0 Å². The van der Waals surface area contributed by atoms with Gasteiger partial charge >= 0.3 is 0 Å². The molecule has 2 heterocycles. The van der Waals surface area contributed by atoms with E-state index in [4.69, 9.17) is 0 Å². The third-order valence-electron chi connectivity index (χ3n) is 2.53. The number of rotatable bonds is 2. The number of aryl methyl sites for hydroxylation is 2. The van der Waals surface area contributed by atoms with Crippen molar-refractivity contribution < 1.29 is 10.2 Å². The van der Waals surface area contributed by atoms with E-state index in [2.05, 4.69) is 9.97 Å². The van der Waals surface area contributed by atoms with Crippen molar-refractivity contribution in [2.45, 2.75) is 13.5 Å². The van der Waals surface area contributed by atoms with Gasteiger partial charge in [0.25, 0.3) is 0 Å². The van der Waals surface area contributed by atoms with E-state index in [0.29, 0.717) is 22.6 Å². The van der Waals surface area contributed by atoms with Crippen LogP contribution < -0.4 is 0 Å². The molecule has 2 rings (SSSR count). The Hall–Kier alpha value is -1.88. The third kappa shape index (κ3) is 1.55. The van der Waals surface area contributed by atoms with Gasteiger partial charge in [-0.15, -0.1) is 0 Å². The molecule has 0 aliphatic carbocycles. The van der Waals surface area contributed by atoms with Crippen LogP contribution in [0.4, 0.5) is 0 Å². The predicted molar refractivity (Wildman–Crippen MR) is 58.8 cm³/mol. The minimum Gasteiger partial charge on any atom is -0.505 e. The molecule has 0 aromatic carbocycles. The van der Waals surface area contributed by atoms with Crippen molar-refractivity contribution in [2.24, 2.45) is 7.05 Å². The Morgan fingerprint density at radius 1 is 1.38 bits per heavy atom. The minimum atomic E-state index is -0.178. The van der Waals surface area contributed by atoms with Gasteiger partial charge in [-0.05, 0) is 6.92 Å². The van der Waals surface area contributed by atoms with Crippen LogP contribution in [-0.4, -0.2) is 24.7 Å². The number of hydrogen-bond acceptors (Lipinski definition) is 4. The summed E-state index contributed by atoms with van der Waals surface area (Å²) in [6, 6.07) is 0. The minimum absolute atomic E-state index is 0.0702. The number of pyridine rings is 1. The molecule has 5 heteroatoms. The SMILES string of the molecule is Cc1ncc(CO)c(-c2nccn2C)c1O. The van der Waals surface area contributed by atoms with Gasteiger partial charge < -0.3 is 14.8 Å². The first kappa shape index (κ1) is 10.6. The maximum atomic E-state index is 9.98. The second-order valence-electron chi connectivity index (χ2n) is 3.61. The summed E-state index contributed by atoms with van der Waals surface area (Å²) in [6.45, 7) is 1.53. The zero-order valence-corrected chi connectivity index (χ0v) is 9.18. The van der Waals surface area contributed by atoms with Gasteiger partial charge in [0.2, 0.25) is 0 Å². The highest BCUT2D eigenvalue weighted by Gasteiger charge is 2.16. The number of hydrogen-bond donors (Lipinski definition) is 2. The number of aromatic nitrogens is 3. The molecule has 0 radical (unpaired) electrons. The first-order chi connectivity index (χ1) is 7.65. The van der Waals surface area contributed by atoms with Crippen molar-refractivity contribution in [3.63, 3.8) is 0 Å². The first-order valence-corrected chi connectivity index (χ1v) is 4.91. The van der Waals surface area contributed by atoms with E-state index < -0.39 is 0 Å². The molecule has 2 aromatic heterocycles. The molecule has 84 valence electrons. The van der Waals surface area contributed by atoms with Crippen molar-refractivity contribution in [2.75, 3.05) is 0 Å². The average Bonchev–Trinajstić information content (AvgIpc) is 2.68. The van der Waals surface area contributed by atoms with E-state index in [1.807, 2.05) is 7.05 Å². The quantitative estimate of drug-likeness (QED) is 0.790. The summed E-state index contributed by atoms with van der Waals surface area (Å²) in [7, 11) is 1.83. The van der Waals surface area contributed by atoms with Crippen molar-refractivity contribution in [1.82, 2.24) is 14.5 Å². The number of aliphatic hydroxyl groups excluding tert-OH is 1. The fourth-order valence-electron chi connectivity index (χ4n) is 1.61. The summed E-state index contributed by atoms with van der Waals surface area (Å²) in [5, 5.41) is 19.2. The Labute approximate surface area is 93.0 Å². The van der Waals surface area contributed by atoms with Gasteiger partial charge in [-0.25, -0.2) is 4.98 Å². The molecule has 0 atom stereocenters. The molecule has 0 saturated heterocycles. The Balaban J connectivity index is 2.72. The second-order valence-corrected chi connectivity index (χ2v) is 3.61. The Kier molecular flexibility index (Phi) is 2.62. The van der Waals surface area contributed by atoms with Crippen molar-refractivity contribution in [3.05, 3.63) is 29.8 Å². The van der Waals surface area contributed by atoms with E-state index >= 15 is 0 Å². The zero-order valence-electron chi connectivity index (χ0n) is 9.18. The number of aliphatic hydroxyl groups is 1. The van der Waals surface area contributed by atoms with Crippen LogP contribution in [0.25, 0.3) is 11.4 Å². The molecule has 2 aromatic rings. The predicted octanol–water partition coefficient (Wildman–Crippen LogP) is 0.988. The van der Waals surface area contributed by atoms with E-state index in [1.54, 1.807) is 30.1 Å². The standard InChI is InChI=1S/C11H13N3O2/c1-7-10(16)9(8(6-15)5-13-7)11-12-3-4-14(11)2/h3-5,15-16H,6H2,1-2H3. The Morgan fingerprint density at radius 3 is 2.69 bits per heavy atom. The monoisotopic (exact) mass is 219 g/mol. The number of nitrogens with zero attached hydrogens (tertiary/aromatic N) is 3. The lowest BCUT2D eigenvalue weighted by molar-refractivity contribution is 0.281. The molecule has 2 N–H and O–H groups in total. The van der Waals surface area contributed by atoms with Gasteiger partial charge in [-0.1, -0.05) is 0 Å². The summed E-state index contributed by atoms with van der Waals surface area (Å²) in [5.74, 6) is 0.688. The summed E-state index contributed by atoms with van der Waals surface area (Å²) < 4.78 is 1.79. The molecule has 0 amide bonds. The molecule has 0 aliphatic rings. The fraction of sp³-hybridized carbons (Fsp3) is 0.273. The van der Waals surface area contributed by atoms with Crippen LogP contribution in [0.1, 0.15) is 11.3 Å². The summed E-state index contributed by atoms with van der Waals surface area (Å²) in [5.41, 5.74) is 1.63. The molecule has 0 bridgehead atoms. The third-order valence-corrected chi connectivity index (χ3v) is 2.53. The second kappa shape index (κ2) is 3.94. The fourth-order valence-corrected chi connectivity index (χ4v) is 1.61. The normalized spacial score (nSPS) is 10.7. The number of aromatic hydroxyl groups is 1. The average molecular weight is 219 g/mol. The Bertz CT molecular complexity index is 520. The van der Waals surface area contributed by atoms with Crippen LogP contribution in [0.3, 0.4) is 0 Å². The molecular formula is C11H13N3O2. The molecule has 5 nitrogen and oxygen atoms in total. The summed E-state index contributed by atoms with van der Waals surface area (Å²) in [6.07, 6.45) is 4.98. The molecule has 16 heavy (non-hydrogen) atoms. The lowest BCUT2D eigenvalue weighted by Crippen LogP contribution is -1.99. The van der Waals surface area contributed by atoms with Crippen LogP contribution >= 0.6 is 0 Å². The van der Waals surface area contributed by atoms with Gasteiger partial charge in [0.15, 0.2) is 0 Å². The molecule has 0 fully saturated rings. The highest BCUT2D eigenvalue weighted by molar-refractivity contribution is 5.69. The lowest BCUT2D eigenvalue weighted by Gasteiger charge is -2.10. The smallest absolute Gasteiger partial charge is 0.148 e. The van der Waals surface area contributed by atoms with Crippen molar-refractivity contribution in [3.8, 4) is 17.1 Å². The summed E-state index contributed by atoms with van der Waals surface area (Å²) >= 11 is 0. The maximum absolute atomic E-state index is 9.98. The molecule has 0 unspecified atom stereocenters. The highest BCUT2D eigenvalue weighted by atomic mass is 16.3. The highest BCUT2D eigenvalue weighted by Crippen LogP contribution is 2.32. The zero-order chi connectivity index (χ0) is 11.7. The number of imidazole rings is 1. The van der Waals surface area contributed by atoms with Crippen LogP contribution in [0, 0.1) is 6.92 Å². The van der Waals surface area contributed by atoms with Gasteiger partial charge in [0, 0.05) is 31.2 Å². The summed E-state index contributed by atoms with van der Waals surface area (Å²) in [4.78, 5) is 8.16. The van der Waals surface area contributed by atoms with Crippen molar-refractivity contribution >= 4 is 0 Å². The molecule has 0 spiro atoms. The van der Waals surface area contributed by atoms with Crippen molar-refractivity contribution in [1.29, 1.82) is 0 Å². The van der Waals surface area contributed by atoms with Gasteiger partial charge in [0.05, 0.1) is 17.9 Å². The first-order valence-electron chi connectivity index (χ1n) is 4.91. The molecule has 0 aliphatic heterocycles. The van der Waals surface area contributed by atoms with Gasteiger partial charge in [-0.3, -0.25) is 4.98 Å². The van der Waals surface area contributed by atoms with Crippen LogP contribution in [0.2, 0.25) is 0 Å². The van der Waals surface area contributed by atoms with Crippen LogP contribution in [0.15, 0.2) is 18.6 Å². The largest absolute Gasteiger partial charge is 0.505 e. The van der Waals surface area contributed by atoms with E-state index in [9.17, 15) is 10.2 Å². The van der Waals surface area contributed by atoms with E-state index in [-0.39, 0.29) is 12.4 Å². The topological polar surface area (TPSA) is 71.2 Å². The maximum Gasteiger partial charge on any atom is 0.148 e. The van der Waals surface area contributed by atoms with Crippen LogP contribution in [0.5, 0.6) is 5.75 Å². The Morgan fingerprint density at radius 2 is 2.12 bits per heavy atom. The lowest BCUT2D eigenvalue weighted by atomic mass is 10.1.